The fourth-order valence-electron chi connectivity index (χ4n) is 2.29. The second-order valence-electron chi connectivity index (χ2n) is 4.92. The second kappa shape index (κ2) is 7.49. The molecule has 1 atom stereocenters. The van der Waals surface area contributed by atoms with Gasteiger partial charge in [0.25, 0.3) is 0 Å². The highest BCUT2D eigenvalue weighted by atomic mass is 79.9. The van der Waals surface area contributed by atoms with Crippen LogP contribution in [0.25, 0.3) is 0 Å². The normalized spacial score (nSPS) is 19.5. The molecule has 1 fully saturated rings. The highest BCUT2D eigenvalue weighted by Gasteiger charge is 2.20. The molecule has 1 aliphatic heterocycles. The third-order valence-electron chi connectivity index (χ3n) is 3.54. The Bertz CT molecular complexity index is 529. The average Bonchev–Trinajstić information content (AvgIpc) is 2.48. The summed E-state index contributed by atoms with van der Waals surface area (Å²) in [7, 11) is 0. The van der Waals surface area contributed by atoms with Gasteiger partial charge in [-0.3, -0.25) is 4.90 Å². The Kier molecular flexibility index (Phi) is 5.92. The first-order valence-corrected chi connectivity index (χ1v) is 8.08. The minimum atomic E-state index is -0.386. The van der Waals surface area contributed by atoms with Crippen LogP contribution in [0, 0.1) is 5.82 Å². The topological polar surface area (TPSA) is 50.5 Å². The fourth-order valence-corrected chi connectivity index (χ4v) is 3.15. The standard InChI is InChI=1S/C14H19BrFN3OS/c1-2-19-5-6-20-9(8-19)7-18-11-4-3-10(14(17)21)12(15)13(11)16/h3-4,9,18H,2,5-8H2,1H3,(H2,17,21). The number of thiocarbonyl (C=S) groups is 1. The second-order valence-corrected chi connectivity index (χ2v) is 6.15. The Balaban J connectivity index is 2.00. The number of hydrogen-bond donors (Lipinski definition) is 2. The van der Waals surface area contributed by atoms with E-state index in [-0.39, 0.29) is 16.9 Å². The Morgan fingerprint density at radius 1 is 1.62 bits per heavy atom. The summed E-state index contributed by atoms with van der Waals surface area (Å²) in [5, 5.41) is 3.09. The molecule has 1 heterocycles. The monoisotopic (exact) mass is 375 g/mol. The molecule has 1 unspecified atom stereocenters. The number of anilines is 1. The van der Waals surface area contributed by atoms with Crippen molar-refractivity contribution in [3.8, 4) is 0 Å². The van der Waals surface area contributed by atoms with Gasteiger partial charge in [-0.25, -0.2) is 4.39 Å². The van der Waals surface area contributed by atoms with Gasteiger partial charge in [-0.2, -0.15) is 0 Å². The minimum Gasteiger partial charge on any atom is -0.389 e. The van der Waals surface area contributed by atoms with Gasteiger partial charge in [0.2, 0.25) is 0 Å². The lowest BCUT2D eigenvalue weighted by Gasteiger charge is -2.32. The first-order chi connectivity index (χ1) is 10.0. The zero-order valence-electron chi connectivity index (χ0n) is 11.9. The van der Waals surface area contributed by atoms with E-state index in [1.807, 2.05) is 0 Å². The Morgan fingerprint density at radius 3 is 3.05 bits per heavy atom. The van der Waals surface area contributed by atoms with Crippen molar-refractivity contribution in [3.63, 3.8) is 0 Å². The molecule has 0 bridgehead atoms. The molecule has 0 amide bonds. The van der Waals surface area contributed by atoms with Gasteiger partial charge in [-0.05, 0) is 34.6 Å². The van der Waals surface area contributed by atoms with Crippen LogP contribution in [-0.2, 0) is 4.74 Å². The third kappa shape index (κ3) is 4.12. The number of hydrogen-bond acceptors (Lipinski definition) is 4. The van der Waals surface area contributed by atoms with E-state index in [1.165, 1.54) is 0 Å². The van der Waals surface area contributed by atoms with Gasteiger partial charge in [-0.1, -0.05) is 19.1 Å². The Morgan fingerprint density at radius 2 is 2.38 bits per heavy atom. The molecule has 0 spiro atoms. The van der Waals surface area contributed by atoms with Crippen LogP contribution in [-0.4, -0.2) is 48.8 Å². The average molecular weight is 376 g/mol. The SMILES string of the molecule is CCN1CCOC(CNc2ccc(C(N)=S)c(Br)c2F)C1. The largest absolute Gasteiger partial charge is 0.389 e. The maximum Gasteiger partial charge on any atom is 0.161 e. The first kappa shape index (κ1) is 16.6. The van der Waals surface area contributed by atoms with Gasteiger partial charge in [0, 0.05) is 25.2 Å². The number of nitrogens with one attached hydrogen (secondary N) is 1. The van der Waals surface area contributed by atoms with Gasteiger partial charge in [0.1, 0.15) is 4.99 Å². The van der Waals surface area contributed by atoms with Crippen LogP contribution < -0.4 is 11.1 Å². The van der Waals surface area contributed by atoms with E-state index < -0.39 is 0 Å². The summed E-state index contributed by atoms with van der Waals surface area (Å²) in [5.74, 6) is -0.386. The van der Waals surface area contributed by atoms with Crippen LogP contribution in [0.5, 0.6) is 0 Å². The van der Waals surface area contributed by atoms with Crippen molar-refractivity contribution in [1.82, 2.24) is 4.90 Å². The molecule has 21 heavy (non-hydrogen) atoms. The van der Waals surface area contributed by atoms with E-state index in [4.69, 9.17) is 22.7 Å². The number of rotatable bonds is 5. The molecule has 1 aromatic rings. The van der Waals surface area contributed by atoms with E-state index in [2.05, 4.69) is 33.1 Å². The van der Waals surface area contributed by atoms with Gasteiger partial charge in [-0.15, -0.1) is 0 Å². The third-order valence-corrected chi connectivity index (χ3v) is 4.53. The van der Waals surface area contributed by atoms with E-state index >= 15 is 0 Å². The molecule has 1 aliphatic rings. The Hall–Kier alpha value is -0.760. The zero-order chi connectivity index (χ0) is 15.4. The summed E-state index contributed by atoms with van der Waals surface area (Å²) >= 11 is 8.08. The summed E-state index contributed by atoms with van der Waals surface area (Å²) in [4.78, 5) is 2.49. The quantitative estimate of drug-likeness (QED) is 0.773. The number of ether oxygens (including phenoxy) is 1. The van der Waals surface area contributed by atoms with E-state index in [9.17, 15) is 4.39 Å². The summed E-state index contributed by atoms with van der Waals surface area (Å²) in [6, 6.07) is 3.35. The lowest BCUT2D eigenvalue weighted by atomic mass is 10.2. The molecule has 7 heteroatoms. The molecule has 1 aromatic carbocycles. The summed E-state index contributed by atoms with van der Waals surface area (Å²) in [5.41, 5.74) is 6.46. The van der Waals surface area contributed by atoms with Gasteiger partial charge in [0.15, 0.2) is 5.82 Å². The number of halogens is 2. The number of benzene rings is 1. The molecule has 0 saturated carbocycles. The summed E-state index contributed by atoms with van der Waals surface area (Å²) in [6.07, 6.45) is 0.0622. The lowest BCUT2D eigenvalue weighted by molar-refractivity contribution is -0.0192. The molecular formula is C14H19BrFN3OS. The van der Waals surface area contributed by atoms with Crippen LogP contribution in [0.2, 0.25) is 0 Å². The van der Waals surface area contributed by atoms with Crippen LogP contribution in [0.15, 0.2) is 16.6 Å². The van der Waals surface area contributed by atoms with Crippen molar-refractivity contribution in [3.05, 3.63) is 28.0 Å². The molecule has 2 rings (SSSR count). The van der Waals surface area contributed by atoms with Gasteiger partial charge >= 0.3 is 0 Å². The number of nitrogens with two attached hydrogens (primary N) is 1. The van der Waals surface area contributed by atoms with Crippen LogP contribution in [0.4, 0.5) is 10.1 Å². The Labute approximate surface area is 138 Å². The molecular weight excluding hydrogens is 357 g/mol. The highest BCUT2D eigenvalue weighted by Crippen LogP contribution is 2.27. The van der Waals surface area contributed by atoms with E-state index in [0.29, 0.717) is 28.9 Å². The lowest BCUT2D eigenvalue weighted by Crippen LogP contribution is -2.45. The van der Waals surface area contributed by atoms with E-state index in [0.717, 1.165) is 19.6 Å². The minimum absolute atomic E-state index is 0.0622. The molecule has 3 N–H and O–H groups in total. The molecule has 4 nitrogen and oxygen atoms in total. The molecule has 116 valence electrons. The smallest absolute Gasteiger partial charge is 0.161 e. The maximum absolute atomic E-state index is 14.2. The van der Waals surface area contributed by atoms with Crippen LogP contribution in [0.3, 0.4) is 0 Å². The van der Waals surface area contributed by atoms with Crippen LogP contribution >= 0.6 is 28.1 Å². The predicted molar refractivity (Wildman–Crippen MR) is 90.3 cm³/mol. The van der Waals surface area contributed by atoms with Crippen molar-refractivity contribution < 1.29 is 9.13 Å². The van der Waals surface area contributed by atoms with Crippen LogP contribution in [0.1, 0.15) is 12.5 Å². The molecule has 0 aromatic heterocycles. The van der Waals surface area contributed by atoms with Crippen molar-refractivity contribution in [2.45, 2.75) is 13.0 Å². The zero-order valence-corrected chi connectivity index (χ0v) is 14.3. The van der Waals surface area contributed by atoms with Gasteiger partial charge in [0.05, 0.1) is 22.9 Å². The fraction of sp³-hybridized carbons (Fsp3) is 0.500. The molecule has 1 saturated heterocycles. The first-order valence-electron chi connectivity index (χ1n) is 6.88. The number of nitrogens with zero attached hydrogens (tertiary/aromatic N) is 1. The summed E-state index contributed by atoms with van der Waals surface area (Å²) < 4.78 is 20.2. The van der Waals surface area contributed by atoms with Crippen molar-refractivity contribution in [2.24, 2.45) is 5.73 Å². The summed E-state index contributed by atoms with van der Waals surface area (Å²) in [6.45, 7) is 6.22. The number of likely N-dealkylation sites (N-methyl/N-ethyl adjacent to an activating group) is 1. The van der Waals surface area contributed by atoms with Crippen molar-refractivity contribution in [2.75, 3.05) is 38.1 Å². The van der Waals surface area contributed by atoms with Crippen molar-refractivity contribution in [1.29, 1.82) is 0 Å². The molecule has 0 aliphatic carbocycles. The highest BCUT2D eigenvalue weighted by molar-refractivity contribution is 9.10. The molecule has 0 radical (unpaired) electrons. The maximum atomic E-state index is 14.2. The van der Waals surface area contributed by atoms with Crippen molar-refractivity contribution >= 4 is 38.8 Å². The number of morpholine rings is 1. The van der Waals surface area contributed by atoms with E-state index in [1.54, 1.807) is 12.1 Å². The van der Waals surface area contributed by atoms with Gasteiger partial charge < -0.3 is 15.8 Å². The predicted octanol–water partition coefficient (Wildman–Crippen LogP) is 2.35.